The van der Waals surface area contributed by atoms with Crippen molar-refractivity contribution >= 4 is 50.6 Å². The van der Waals surface area contributed by atoms with E-state index in [2.05, 4.69) is 15.9 Å². The molecule has 9 heteroatoms. The number of thiophene rings is 1. The maximum atomic E-state index is 13.8. The molecular weight excluding hydrogens is 582 g/mol. The first-order valence-electron chi connectivity index (χ1n) is 12.8. The molecule has 1 saturated heterocycles. The van der Waals surface area contributed by atoms with E-state index in [1.54, 1.807) is 24.5 Å². The quantitative estimate of drug-likeness (QED) is 0.308. The number of nitrogens with zero attached hydrogens (tertiary/aromatic N) is 1. The van der Waals surface area contributed by atoms with E-state index >= 15 is 0 Å². The fraction of sp³-hybridized carbons (Fsp3) is 0.267. The van der Waals surface area contributed by atoms with E-state index in [0.29, 0.717) is 29.7 Å². The van der Waals surface area contributed by atoms with Gasteiger partial charge >= 0.3 is 0 Å². The number of amides is 2. The van der Waals surface area contributed by atoms with Crippen LogP contribution in [0.3, 0.4) is 0 Å². The second kappa shape index (κ2) is 8.99. The lowest BCUT2D eigenvalue weighted by atomic mass is 9.59. The summed E-state index contributed by atoms with van der Waals surface area (Å²) in [6, 6.07) is 8.68. The number of imide groups is 1. The number of hydrogen-bond acceptors (Lipinski definition) is 7. The molecule has 3 heterocycles. The van der Waals surface area contributed by atoms with Crippen LogP contribution in [0.2, 0.25) is 0 Å². The Hall–Kier alpha value is -3.56. The number of carbonyl (C=O) groups is 4. The molecule has 2 amide bonds. The number of hydrogen-bond donors (Lipinski definition) is 1. The lowest BCUT2D eigenvalue weighted by Crippen LogP contribution is -2.41. The molecule has 196 valence electrons. The van der Waals surface area contributed by atoms with Crippen molar-refractivity contribution < 1.29 is 29.0 Å². The Balaban J connectivity index is 1.31. The molecule has 1 aromatic heterocycles. The highest BCUT2D eigenvalue weighted by atomic mass is 79.9. The first kappa shape index (κ1) is 24.5. The van der Waals surface area contributed by atoms with Crippen molar-refractivity contribution in [3.05, 3.63) is 91.3 Å². The summed E-state index contributed by atoms with van der Waals surface area (Å²) >= 11 is 4.76. The van der Waals surface area contributed by atoms with Crippen molar-refractivity contribution in [3.8, 4) is 11.5 Å². The molecule has 3 aliphatic carbocycles. The van der Waals surface area contributed by atoms with Gasteiger partial charge in [-0.3, -0.25) is 24.1 Å². The van der Waals surface area contributed by atoms with Gasteiger partial charge in [0.25, 0.3) is 0 Å². The topological polar surface area (TPSA) is 101 Å². The molecule has 0 bridgehead atoms. The Bertz CT molecular complexity index is 1610. The van der Waals surface area contributed by atoms with Gasteiger partial charge in [0, 0.05) is 40.0 Å². The summed E-state index contributed by atoms with van der Waals surface area (Å²) < 4.78 is 6.11. The first-order valence-corrected chi connectivity index (χ1v) is 14.4. The van der Waals surface area contributed by atoms with Gasteiger partial charge in [-0.2, -0.15) is 0 Å². The number of phenolic OH excluding ortho intramolecular Hbond substituents is 1. The van der Waals surface area contributed by atoms with E-state index in [0.717, 1.165) is 21.6 Å². The van der Waals surface area contributed by atoms with Gasteiger partial charge in [0.05, 0.1) is 29.1 Å². The van der Waals surface area contributed by atoms with Crippen LogP contribution in [0, 0.1) is 23.7 Å². The van der Waals surface area contributed by atoms with Crippen LogP contribution in [-0.4, -0.2) is 33.4 Å². The molecule has 7 nitrogen and oxygen atoms in total. The van der Waals surface area contributed by atoms with E-state index in [1.807, 2.05) is 23.6 Å². The maximum Gasteiger partial charge on any atom is 0.234 e. The normalized spacial score (nSPS) is 27.7. The van der Waals surface area contributed by atoms with E-state index in [9.17, 15) is 24.3 Å². The van der Waals surface area contributed by atoms with Crippen LogP contribution in [-0.2, 0) is 32.1 Å². The van der Waals surface area contributed by atoms with Gasteiger partial charge in [0.2, 0.25) is 11.8 Å². The largest absolute Gasteiger partial charge is 0.508 e. The summed E-state index contributed by atoms with van der Waals surface area (Å²) in [5.74, 6) is -2.22. The Labute approximate surface area is 236 Å². The molecule has 1 aromatic carbocycles. The predicted octanol–water partition coefficient (Wildman–Crippen LogP) is 4.77. The smallest absolute Gasteiger partial charge is 0.234 e. The van der Waals surface area contributed by atoms with E-state index in [4.69, 9.17) is 4.74 Å². The molecule has 1 N–H and O–H groups in total. The van der Waals surface area contributed by atoms with Crippen molar-refractivity contribution in [2.24, 2.45) is 23.7 Å². The third kappa shape index (κ3) is 3.74. The number of likely N-dealkylation sites (tertiary alicyclic amines) is 1. The van der Waals surface area contributed by atoms with E-state index in [-0.39, 0.29) is 52.5 Å². The van der Waals surface area contributed by atoms with Gasteiger partial charge < -0.3 is 9.84 Å². The van der Waals surface area contributed by atoms with Crippen molar-refractivity contribution in [1.29, 1.82) is 0 Å². The molecule has 4 atom stereocenters. The number of ketones is 2. The SMILES string of the molecule is O=C1C=C(Br)C(=O)C2=C1C(C1=COc3ccc(O)cc3C1)C1=CCC3C(=O)N(Cc4cccs4)C(=O)C3C1C2. The number of Topliss-reactive ketones (excluding diaryl/α,β-unsaturated/α-hetero) is 1. The molecule has 1 fully saturated rings. The number of benzene rings is 1. The zero-order valence-electron chi connectivity index (χ0n) is 20.6. The highest BCUT2D eigenvalue weighted by Gasteiger charge is 2.56. The molecule has 0 radical (unpaired) electrons. The Kier molecular flexibility index (Phi) is 5.64. The Morgan fingerprint density at radius 1 is 1.10 bits per heavy atom. The van der Waals surface area contributed by atoms with Crippen molar-refractivity contribution in [3.63, 3.8) is 0 Å². The predicted molar refractivity (Wildman–Crippen MR) is 146 cm³/mol. The Morgan fingerprint density at radius 3 is 2.74 bits per heavy atom. The fourth-order valence-electron chi connectivity index (χ4n) is 6.80. The maximum absolute atomic E-state index is 13.8. The molecular formula is C30H22BrNO6S. The average Bonchev–Trinajstić information content (AvgIpc) is 3.53. The van der Waals surface area contributed by atoms with Crippen LogP contribution in [0.15, 0.2) is 80.9 Å². The highest BCUT2D eigenvalue weighted by molar-refractivity contribution is 9.12. The number of rotatable bonds is 3. The first-order chi connectivity index (χ1) is 18.8. The van der Waals surface area contributed by atoms with Crippen LogP contribution in [0.1, 0.15) is 23.3 Å². The van der Waals surface area contributed by atoms with Crippen LogP contribution < -0.4 is 4.74 Å². The molecule has 2 aromatic rings. The van der Waals surface area contributed by atoms with Gasteiger partial charge in [-0.05, 0) is 69.9 Å². The monoisotopic (exact) mass is 603 g/mol. The van der Waals surface area contributed by atoms with Crippen LogP contribution in [0.25, 0.3) is 0 Å². The molecule has 0 saturated carbocycles. The van der Waals surface area contributed by atoms with Gasteiger partial charge in [-0.15, -0.1) is 11.3 Å². The number of phenols is 1. The van der Waals surface area contributed by atoms with Gasteiger partial charge in [0.1, 0.15) is 11.5 Å². The standard InChI is InChI=1S/C30H22BrNO6S/c31-22-11-23(34)27-21(28(22)35)10-20-18(25(27)15-8-14-9-16(33)3-6-24(14)38-13-15)4-5-19-26(20)30(37)32(29(19)36)12-17-2-1-7-39-17/h1-4,6-7,9,11,13,19-20,25-26,33H,5,8,10,12H2. The third-order valence-electron chi connectivity index (χ3n) is 8.46. The number of halogens is 1. The average molecular weight is 604 g/mol. The van der Waals surface area contributed by atoms with Crippen molar-refractivity contribution in [1.82, 2.24) is 4.90 Å². The minimum Gasteiger partial charge on any atom is -0.508 e. The van der Waals surface area contributed by atoms with Crippen LogP contribution >= 0.6 is 27.3 Å². The number of ether oxygens (including phenoxy) is 1. The summed E-state index contributed by atoms with van der Waals surface area (Å²) in [6.45, 7) is 0.243. The van der Waals surface area contributed by atoms with Crippen LogP contribution in [0.5, 0.6) is 11.5 Å². The molecule has 0 spiro atoms. The molecule has 5 aliphatic rings. The highest BCUT2D eigenvalue weighted by Crippen LogP contribution is 2.55. The van der Waals surface area contributed by atoms with Gasteiger partial charge in [-0.25, -0.2) is 0 Å². The van der Waals surface area contributed by atoms with E-state index < -0.39 is 17.8 Å². The van der Waals surface area contributed by atoms with Crippen LogP contribution in [0.4, 0.5) is 0 Å². The minimum absolute atomic E-state index is 0.108. The lowest BCUT2D eigenvalue weighted by Gasteiger charge is -2.43. The fourth-order valence-corrected chi connectivity index (χ4v) is 7.94. The Morgan fingerprint density at radius 2 is 1.95 bits per heavy atom. The second-order valence-electron chi connectivity index (χ2n) is 10.5. The summed E-state index contributed by atoms with van der Waals surface area (Å²) in [5.41, 5.74) is 3.23. The van der Waals surface area contributed by atoms with Gasteiger partial charge in [-0.1, -0.05) is 17.7 Å². The van der Waals surface area contributed by atoms with Crippen molar-refractivity contribution in [2.75, 3.05) is 0 Å². The number of aromatic hydroxyl groups is 1. The molecule has 4 unspecified atom stereocenters. The third-order valence-corrected chi connectivity index (χ3v) is 9.91. The number of allylic oxidation sites excluding steroid dienone is 7. The molecule has 7 rings (SSSR count). The summed E-state index contributed by atoms with van der Waals surface area (Å²) in [5, 5.41) is 12.0. The lowest BCUT2D eigenvalue weighted by molar-refractivity contribution is -0.140. The molecule has 39 heavy (non-hydrogen) atoms. The van der Waals surface area contributed by atoms with E-state index in [1.165, 1.54) is 22.3 Å². The summed E-state index contributed by atoms with van der Waals surface area (Å²) in [6.07, 6.45) is 5.98. The zero-order valence-corrected chi connectivity index (χ0v) is 23.0. The number of fused-ring (bicyclic) bond motifs is 4. The summed E-state index contributed by atoms with van der Waals surface area (Å²) in [4.78, 5) is 56.3. The second-order valence-corrected chi connectivity index (χ2v) is 12.4. The summed E-state index contributed by atoms with van der Waals surface area (Å²) in [7, 11) is 0. The molecule has 2 aliphatic heterocycles. The van der Waals surface area contributed by atoms with Crippen molar-refractivity contribution in [2.45, 2.75) is 25.8 Å². The number of carbonyl (C=O) groups excluding carboxylic acids is 4. The minimum atomic E-state index is -0.594. The van der Waals surface area contributed by atoms with Gasteiger partial charge in [0.15, 0.2) is 11.6 Å². The zero-order chi connectivity index (χ0) is 27.0.